The Bertz CT molecular complexity index is 314. The molecule has 3 heteroatoms. The highest BCUT2D eigenvalue weighted by Gasteiger charge is 2.04. The normalized spacial score (nSPS) is 9.31. The molecule has 68 valence electrons. The van der Waals surface area contributed by atoms with Gasteiger partial charge in [-0.15, -0.1) is 0 Å². The molecule has 0 radical (unpaired) electrons. The maximum Gasteiger partial charge on any atom is 0.101 e. The van der Waals surface area contributed by atoms with Crippen LogP contribution in [0.5, 0.6) is 0 Å². The summed E-state index contributed by atoms with van der Waals surface area (Å²) in [5.41, 5.74) is 1.60. The summed E-state index contributed by atoms with van der Waals surface area (Å²) < 4.78 is 0. The van der Waals surface area contributed by atoms with Crippen molar-refractivity contribution in [3.8, 4) is 6.07 Å². The van der Waals surface area contributed by atoms with Gasteiger partial charge in [-0.2, -0.15) is 5.26 Å². The third-order valence-corrected chi connectivity index (χ3v) is 1.89. The van der Waals surface area contributed by atoms with Crippen molar-refractivity contribution in [1.29, 1.82) is 5.26 Å². The van der Waals surface area contributed by atoms with Crippen LogP contribution in [0.3, 0.4) is 0 Å². The van der Waals surface area contributed by atoms with Gasteiger partial charge in [-0.3, -0.25) is 4.98 Å². The molecular formula is C10H13N3. The van der Waals surface area contributed by atoms with Crippen molar-refractivity contribution in [2.24, 2.45) is 0 Å². The van der Waals surface area contributed by atoms with Crippen molar-refractivity contribution in [2.45, 2.75) is 13.3 Å². The molecule has 0 saturated heterocycles. The zero-order valence-electron chi connectivity index (χ0n) is 7.99. The second-order valence-electron chi connectivity index (χ2n) is 2.93. The second-order valence-corrected chi connectivity index (χ2v) is 2.93. The molecule has 1 aromatic heterocycles. The highest BCUT2D eigenvalue weighted by molar-refractivity contribution is 5.56. The van der Waals surface area contributed by atoms with Gasteiger partial charge in [0.1, 0.15) is 6.07 Å². The minimum Gasteiger partial charge on any atom is -0.372 e. The second kappa shape index (κ2) is 4.46. The smallest absolute Gasteiger partial charge is 0.101 e. The van der Waals surface area contributed by atoms with Gasteiger partial charge in [-0.05, 0) is 12.5 Å². The minimum atomic E-state index is 0.686. The van der Waals surface area contributed by atoms with Crippen LogP contribution in [0.2, 0.25) is 0 Å². The van der Waals surface area contributed by atoms with E-state index in [1.807, 2.05) is 11.9 Å². The van der Waals surface area contributed by atoms with E-state index in [2.05, 4.69) is 18.0 Å². The predicted molar refractivity (Wildman–Crippen MR) is 52.5 cm³/mol. The average Bonchev–Trinajstić information content (AvgIpc) is 2.18. The number of pyridine rings is 1. The van der Waals surface area contributed by atoms with Crippen molar-refractivity contribution in [1.82, 2.24) is 4.98 Å². The molecule has 0 aromatic carbocycles. The maximum absolute atomic E-state index is 8.83. The molecule has 0 atom stereocenters. The van der Waals surface area contributed by atoms with Crippen LogP contribution in [0, 0.1) is 11.3 Å². The Morgan fingerprint density at radius 1 is 1.62 bits per heavy atom. The first kappa shape index (κ1) is 9.53. The van der Waals surface area contributed by atoms with Crippen LogP contribution < -0.4 is 4.90 Å². The van der Waals surface area contributed by atoms with Crippen LogP contribution in [0.4, 0.5) is 5.69 Å². The van der Waals surface area contributed by atoms with Gasteiger partial charge in [0.25, 0.3) is 0 Å². The van der Waals surface area contributed by atoms with E-state index >= 15 is 0 Å². The molecule has 0 aliphatic rings. The molecule has 1 rings (SSSR count). The van der Waals surface area contributed by atoms with Gasteiger partial charge in [0.15, 0.2) is 0 Å². The molecule has 0 amide bonds. The van der Waals surface area contributed by atoms with E-state index in [0.29, 0.717) is 5.56 Å². The first-order chi connectivity index (χ1) is 6.29. The summed E-state index contributed by atoms with van der Waals surface area (Å²) >= 11 is 0. The fraction of sp³-hybridized carbons (Fsp3) is 0.400. The van der Waals surface area contributed by atoms with Crippen molar-refractivity contribution in [3.63, 3.8) is 0 Å². The van der Waals surface area contributed by atoms with Gasteiger partial charge in [-0.1, -0.05) is 6.92 Å². The highest BCUT2D eigenvalue weighted by atomic mass is 15.1. The molecular weight excluding hydrogens is 162 g/mol. The van der Waals surface area contributed by atoms with Crippen LogP contribution in [0.1, 0.15) is 18.9 Å². The molecule has 0 aliphatic carbocycles. The lowest BCUT2D eigenvalue weighted by molar-refractivity contribution is 0.848. The minimum absolute atomic E-state index is 0.686. The van der Waals surface area contributed by atoms with E-state index < -0.39 is 0 Å². The first-order valence-electron chi connectivity index (χ1n) is 4.34. The Morgan fingerprint density at radius 3 is 3.00 bits per heavy atom. The molecule has 3 nitrogen and oxygen atoms in total. The maximum atomic E-state index is 8.83. The van der Waals surface area contributed by atoms with E-state index in [4.69, 9.17) is 5.26 Å². The van der Waals surface area contributed by atoms with Crippen LogP contribution in [-0.2, 0) is 0 Å². The summed E-state index contributed by atoms with van der Waals surface area (Å²) in [6, 6.07) is 3.89. The van der Waals surface area contributed by atoms with Gasteiger partial charge >= 0.3 is 0 Å². The van der Waals surface area contributed by atoms with Gasteiger partial charge in [0.05, 0.1) is 17.4 Å². The lowest BCUT2D eigenvalue weighted by atomic mass is 10.2. The third-order valence-electron chi connectivity index (χ3n) is 1.89. The number of aromatic nitrogens is 1. The molecule has 0 saturated carbocycles. The molecule has 0 N–H and O–H groups in total. The molecule has 13 heavy (non-hydrogen) atoms. The predicted octanol–water partition coefficient (Wildman–Crippen LogP) is 1.80. The zero-order valence-corrected chi connectivity index (χ0v) is 7.99. The van der Waals surface area contributed by atoms with E-state index in [9.17, 15) is 0 Å². The largest absolute Gasteiger partial charge is 0.372 e. The summed E-state index contributed by atoms with van der Waals surface area (Å²) in [5.74, 6) is 0. The quantitative estimate of drug-likeness (QED) is 0.703. The number of nitriles is 1. The van der Waals surface area contributed by atoms with Crippen molar-refractivity contribution in [2.75, 3.05) is 18.5 Å². The Labute approximate surface area is 78.6 Å². The van der Waals surface area contributed by atoms with Gasteiger partial charge < -0.3 is 4.90 Å². The molecule has 1 aromatic rings. The SMILES string of the molecule is CCCN(C)c1cnccc1C#N. The van der Waals surface area contributed by atoms with Crippen LogP contribution in [0.15, 0.2) is 18.5 Å². The van der Waals surface area contributed by atoms with Crippen LogP contribution in [0.25, 0.3) is 0 Å². The number of hydrogen-bond donors (Lipinski definition) is 0. The topological polar surface area (TPSA) is 39.9 Å². The van der Waals surface area contributed by atoms with E-state index in [0.717, 1.165) is 18.7 Å². The first-order valence-corrected chi connectivity index (χ1v) is 4.34. The molecule has 1 heterocycles. The standard InChI is InChI=1S/C10H13N3/c1-3-6-13(2)10-8-12-5-4-9(10)7-11/h4-5,8H,3,6H2,1-2H3. The molecule has 0 bridgehead atoms. The Kier molecular flexibility index (Phi) is 3.27. The highest BCUT2D eigenvalue weighted by Crippen LogP contribution is 2.16. The Balaban J connectivity index is 2.93. The molecule has 0 aliphatic heterocycles. The Morgan fingerprint density at radius 2 is 2.38 bits per heavy atom. The summed E-state index contributed by atoms with van der Waals surface area (Å²) in [5, 5.41) is 8.83. The summed E-state index contributed by atoms with van der Waals surface area (Å²) in [4.78, 5) is 6.05. The van der Waals surface area contributed by atoms with Gasteiger partial charge in [0, 0.05) is 19.8 Å². The molecule has 0 fully saturated rings. The fourth-order valence-electron chi connectivity index (χ4n) is 1.24. The van der Waals surface area contributed by atoms with Crippen molar-refractivity contribution in [3.05, 3.63) is 24.0 Å². The van der Waals surface area contributed by atoms with E-state index in [1.54, 1.807) is 18.5 Å². The van der Waals surface area contributed by atoms with Crippen LogP contribution >= 0.6 is 0 Å². The van der Waals surface area contributed by atoms with Crippen molar-refractivity contribution < 1.29 is 0 Å². The summed E-state index contributed by atoms with van der Waals surface area (Å²) in [6.07, 6.45) is 4.44. The number of anilines is 1. The number of hydrogen-bond acceptors (Lipinski definition) is 3. The van der Waals surface area contributed by atoms with E-state index in [1.165, 1.54) is 0 Å². The lowest BCUT2D eigenvalue weighted by Gasteiger charge is -2.18. The molecule has 0 unspecified atom stereocenters. The van der Waals surface area contributed by atoms with Gasteiger partial charge in [-0.25, -0.2) is 0 Å². The zero-order chi connectivity index (χ0) is 9.68. The lowest BCUT2D eigenvalue weighted by Crippen LogP contribution is -2.18. The third kappa shape index (κ3) is 2.19. The monoisotopic (exact) mass is 175 g/mol. The number of nitrogens with zero attached hydrogens (tertiary/aromatic N) is 3. The Hall–Kier alpha value is -1.56. The number of rotatable bonds is 3. The van der Waals surface area contributed by atoms with Crippen molar-refractivity contribution >= 4 is 5.69 Å². The summed E-state index contributed by atoms with van der Waals surface area (Å²) in [6.45, 7) is 3.05. The van der Waals surface area contributed by atoms with Crippen LogP contribution in [-0.4, -0.2) is 18.6 Å². The average molecular weight is 175 g/mol. The van der Waals surface area contributed by atoms with Gasteiger partial charge in [0.2, 0.25) is 0 Å². The molecule has 0 spiro atoms. The summed E-state index contributed by atoms with van der Waals surface area (Å²) in [7, 11) is 1.97. The van der Waals surface area contributed by atoms with E-state index in [-0.39, 0.29) is 0 Å². The fourth-order valence-corrected chi connectivity index (χ4v) is 1.24.